The zero-order valence-corrected chi connectivity index (χ0v) is 10.3. The SMILES string of the molecule is CN1C(=O)NC(=O)/C1=C/c1ccnc(N(C)C)n1. The molecule has 0 radical (unpaired) electrons. The molecule has 7 nitrogen and oxygen atoms in total. The maximum absolute atomic E-state index is 11.5. The number of rotatable bonds is 2. The molecule has 1 aromatic rings. The van der Waals surface area contributed by atoms with Crippen LogP contribution in [0.25, 0.3) is 6.08 Å². The zero-order chi connectivity index (χ0) is 13.3. The van der Waals surface area contributed by atoms with Gasteiger partial charge in [0, 0.05) is 27.3 Å². The van der Waals surface area contributed by atoms with Crippen LogP contribution in [0.15, 0.2) is 18.0 Å². The topological polar surface area (TPSA) is 78.4 Å². The van der Waals surface area contributed by atoms with Gasteiger partial charge < -0.3 is 4.90 Å². The summed E-state index contributed by atoms with van der Waals surface area (Å²) in [6.07, 6.45) is 3.15. The first-order chi connectivity index (χ1) is 8.49. The molecule has 3 amide bonds. The van der Waals surface area contributed by atoms with Crippen LogP contribution < -0.4 is 10.2 Å². The van der Waals surface area contributed by atoms with Crippen LogP contribution in [0.4, 0.5) is 10.7 Å². The molecule has 1 N–H and O–H groups in total. The van der Waals surface area contributed by atoms with E-state index in [9.17, 15) is 9.59 Å². The molecule has 0 saturated carbocycles. The molecule has 7 heteroatoms. The summed E-state index contributed by atoms with van der Waals surface area (Å²) in [6.45, 7) is 0. The van der Waals surface area contributed by atoms with Gasteiger partial charge in [0.05, 0.1) is 5.69 Å². The number of urea groups is 1. The van der Waals surface area contributed by atoms with Crippen molar-refractivity contribution in [3.63, 3.8) is 0 Å². The van der Waals surface area contributed by atoms with E-state index >= 15 is 0 Å². The maximum Gasteiger partial charge on any atom is 0.328 e. The Kier molecular flexibility index (Phi) is 2.97. The molecule has 1 fully saturated rings. The Morgan fingerprint density at radius 2 is 2.11 bits per heavy atom. The van der Waals surface area contributed by atoms with Crippen molar-refractivity contribution >= 4 is 24.0 Å². The first kappa shape index (κ1) is 12.0. The number of hydrogen-bond donors (Lipinski definition) is 1. The van der Waals surface area contributed by atoms with Crippen LogP contribution >= 0.6 is 0 Å². The smallest absolute Gasteiger partial charge is 0.328 e. The van der Waals surface area contributed by atoms with Crippen LogP contribution in [0, 0.1) is 0 Å². The largest absolute Gasteiger partial charge is 0.347 e. The number of carbonyl (C=O) groups is 2. The molecule has 18 heavy (non-hydrogen) atoms. The van der Waals surface area contributed by atoms with Gasteiger partial charge in [-0.25, -0.2) is 14.8 Å². The third kappa shape index (κ3) is 2.15. The third-order valence-corrected chi connectivity index (χ3v) is 2.47. The average Bonchev–Trinajstić information content (AvgIpc) is 2.56. The summed E-state index contributed by atoms with van der Waals surface area (Å²) in [7, 11) is 5.18. The molecule has 1 aliphatic rings. The maximum atomic E-state index is 11.5. The lowest BCUT2D eigenvalue weighted by Crippen LogP contribution is -2.24. The van der Waals surface area contributed by atoms with E-state index in [0.717, 1.165) is 0 Å². The number of imide groups is 1. The highest BCUT2D eigenvalue weighted by molar-refractivity contribution is 6.13. The van der Waals surface area contributed by atoms with Crippen LogP contribution in [0.3, 0.4) is 0 Å². The first-order valence-electron chi connectivity index (χ1n) is 5.30. The molecular weight excluding hydrogens is 234 g/mol. The molecule has 0 aliphatic carbocycles. The number of aromatic nitrogens is 2. The van der Waals surface area contributed by atoms with Crippen LogP contribution in [-0.4, -0.2) is 47.9 Å². The molecule has 1 aromatic heterocycles. The van der Waals surface area contributed by atoms with E-state index in [1.165, 1.54) is 11.9 Å². The fourth-order valence-electron chi connectivity index (χ4n) is 1.47. The highest BCUT2D eigenvalue weighted by atomic mass is 16.2. The summed E-state index contributed by atoms with van der Waals surface area (Å²) < 4.78 is 0. The monoisotopic (exact) mass is 247 g/mol. The van der Waals surface area contributed by atoms with Gasteiger partial charge in [-0.2, -0.15) is 0 Å². The van der Waals surface area contributed by atoms with Gasteiger partial charge >= 0.3 is 6.03 Å². The van der Waals surface area contributed by atoms with Crippen molar-refractivity contribution in [1.82, 2.24) is 20.2 Å². The summed E-state index contributed by atoms with van der Waals surface area (Å²) >= 11 is 0. The lowest BCUT2D eigenvalue weighted by atomic mass is 10.3. The number of likely N-dealkylation sites (N-methyl/N-ethyl adjacent to an activating group) is 1. The van der Waals surface area contributed by atoms with Gasteiger partial charge in [-0.05, 0) is 12.1 Å². The summed E-state index contributed by atoms with van der Waals surface area (Å²) in [4.78, 5) is 34.1. The Morgan fingerprint density at radius 3 is 2.67 bits per heavy atom. The van der Waals surface area contributed by atoms with E-state index in [2.05, 4.69) is 15.3 Å². The molecule has 1 aliphatic heterocycles. The van der Waals surface area contributed by atoms with E-state index < -0.39 is 11.9 Å². The summed E-state index contributed by atoms with van der Waals surface area (Å²) in [5.74, 6) is 0.115. The van der Waals surface area contributed by atoms with E-state index in [-0.39, 0.29) is 5.70 Å². The Hall–Kier alpha value is -2.44. The number of nitrogens with one attached hydrogen (secondary N) is 1. The third-order valence-electron chi connectivity index (χ3n) is 2.47. The van der Waals surface area contributed by atoms with Crippen LogP contribution in [0.5, 0.6) is 0 Å². The van der Waals surface area contributed by atoms with Crippen LogP contribution in [0.2, 0.25) is 0 Å². The van der Waals surface area contributed by atoms with Gasteiger partial charge in [-0.1, -0.05) is 0 Å². The van der Waals surface area contributed by atoms with Crippen molar-refractivity contribution in [1.29, 1.82) is 0 Å². The van der Waals surface area contributed by atoms with E-state index in [4.69, 9.17) is 0 Å². The van der Waals surface area contributed by atoms with Crippen LogP contribution in [-0.2, 0) is 4.79 Å². The van der Waals surface area contributed by atoms with Crippen molar-refractivity contribution < 1.29 is 9.59 Å². The van der Waals surface area contributed by atoms with Gasteiger partial charge in [0.25, 0.3) is 5.91 Å². The summed E-state index contributed by atoms with van der Waals surface area (Å²) in [5.41, 5.74) is 0.837. The first-order valence-corrected chi connectivity index (χ1v) is 5.30. The molecule has 0 atom stereocenters. The van der Waals surface area contributed by atoms with E-state index in [0.29, 0.717) is 11.6 Å². The minimum absolute atomic E-state index is 0.267. The minimum atomic E-state index is -0.437. The Bertz CT molecular complexity index is 538. The van der Waals surface area contributed by atoms with E-state index in [1.54, 1.807) is 23.2 Å². The van der Waals surface area contributed by atoms with Crippen molar-refractivity contribution in [2.24, 2.45) is 0 Å². The second kappa shape index (κ2) is 4.44. The van der Waals surface area contributed by atoms with Crippen molar-refractivity contribution in [2.75, 3.05) is 26.0 Å². The second-order valence-electron chi connectivity index (χ2n) is 4.02. The highest BCUT2D eigenvalue weighted by Crippen LogP contribution is 2.14. The fraction of sp³-hybridized carbons (Fsp3) is 0.273. The van der Waals surface area contributed by atoms with Crippen molar-refractivity contribution in [2.45, 2.75) is 0 Å². The van der Waals surface area contributed by atoms with Gasteiger partial charge in [0.1, 0.15) is 5.70 Å². The summed E-state index contributed by atoms with van der Waals surface area (Å²) in [6, 6.07) is 1.23. The van der Waals surface area contributed by atoms with Crippen molar-refractivity contribution in [3.8, 4) is 0 Å². The molecule has 2 heterocycles. The second-order valence-corrected chi connectivity index (χ2v) is 4.02. The number of carbonyl (C=O) groups excluding carboxylic acids is 2. The normalized spacial score (nSPS) is 17.3. The number of nitrogens with zero attached hydrogens (tertiary/aromatic N) is 4. The van der Waals surface area contributed by atoms with Gasteiger partial charge in [-0.15, -0.1) is 0 Å². The summed E-state index contributed by atoms with van der Waals surface area (Å²) in [5, 5.41) is 2.20. The van der Waals surface area contributed by atoms with Gasteiger partial charge in [-0.3, -0.25) is 15.0 Å². The molecular formula is C11H13N5O2. The predicted molar refractivity (Wildman–Crippen MR) is 65.6 cm³/mol. The number of amides is 3. The standard InChI is InChI=1S/C11H13N5O2/c1-15(2)10-12-5-4-7(13-10)6-8-9(17)14-11(18)16(8)3/h4-6H,1-3H3,(H,14,17,18)/b8-6-. The Balaban J connectivity index is 2.36. The average molecular weight is 247 g/mol. The fourth-order valence-corrected chi connectivity index (χ4v) is 1.47. The Morgan fingerprint density at radius 1 is 1.39 bits per heavy atom. The molecule has 94 valence electrons. The Labute approximate surface area is 104 Å². The molecule has 0 spiro atoms. The molecule has 0 unspecified atom stereocenters. The molecule has 0 aromatic carbocycles. The predicted octanol–water partition coefficient (Wildman–Crippen LogP) is 0.0651. The lowest BCUT2D eigenvalue weighted by Gasteiger charge is -2.10. The zero-order valence-electron chi connectivity index (χ0n) is 10.3. The molecule has 1 saturated heterocycles. The quantitative estimate of drug-likeness (QED) is 0.591. The number of hydrogen-bond acceptors (Lipinski definition) is 5. The van der Waals surface area contributed by atoms with Crippen molar-refractivity contribution in [3.05, 3.63) is 23.7 Å². The molecule has 2 rings (SSSR count). The van der Waals surface area contributed by atoms with Gasteiger partial charge in [0.2, 0.25) is 5.95 Å². The highest BCUT2D eigenvalue weighted by Gasteiger charge is 2.29. The van der Waals surface area contributed by atoms with Gasteiger partial charge in [0.15, 0.2) is 0 Å². The van der Waals surface area contributed by atoms with E-state index in [1.807, 2.05) is 14.1 Å². The number of anilines is 1. The molecule has 0 bridgehead atoms. The minimum Gasteiger partial charge on any atom is -0.347 e. The lowest BCUT2D eigenvalue weighted by molar-refractivity contribution is -0.115. The van der Waals surface area contributed by atoms with Crippen LogP contribution in [0.1, 0.15) is 5.69 Å².